The third-order valence-electron chi connectivity index (χ3n) is 4.86. The summed E-state index contributed by atoms with van der Waals surface area (Å²) in [4.78, 5) is 0. The van der Waals surface area contributed by atoms with Gasteiger partial charge in [0.15, 0.2) is 0 Å². The molecule has 0 saturated heterocycles. The van der Waals surface area contributed by atoms with Crippen LogP contribution in [0.3, 0.4) is 0 Å². The molecule has 12 N–H and O–H groups in total. The number of aliphatic hydroxyl groups is 12. The van der Waals surface area contributed by atoms with Crippen LogP contribution in [0.1, 0.15) is 0 Å². The topological polar surface area (TPSA) is 295 Å². The van der Waals surface area contributed by atoms with E-state index in [1.165, 1.54) is 0 Å². The second kappa shape index (κ2) is 7.82. The van der Waals surface area contributed by atoms with E-state index < -0.39 is 83.0 Å². The summed E-state index contributed by atoms with van der Waals surface area (Å²) in [6.45, 7) is 0. The molecule has 0 aromatic heterocycles. The monoisotopic (exact) mass is 454 g/mol. The fourth-order valence-corrected chi connectivity index (χ4v) is 4.10. The second-order valence-electron chi connectivity index (χ2n) is 6.80. The summed E-state index contributed by atoms with van der Waals surface area (Å²) in [6, 6.07) is 0. The molecule has 2 aliphatic carbocycles. The lowest BCUT2D eigenvalue weighted by atomic mass is 9.82. The molecule has 0 aliphatic heterocycles. The summed E-state index contributed by atoms with van der Waals surface area (Å²) < 4.78 is 32.2. The highest BCUT2D eigenvalue weighted by molar-refractivity contribution is 7.81. The lowest BCUT2D eigenvalue weighted by molar-refractivity contribution is -0.348. The molecule has 2 saturated carbocycles. The van der Waals surface area contributed by atoms with Crippen molar-refractivity contribution in [2.24, 2.45) is 0 Å². The maximum absolute atomic E-state index is 12.1. The van der Waals surface area contributed by atoms with E-state index in [1.54, 1.807) is 0 Å². The molecular weight excluding hydrogens is 432 g/mol. The molecule has 0 heterocycles. The fraction of sp³-hybridized carbons (Fsp3) is 1.00. The Balaban J connectivity index is 2.33. The standard InChI is InChI=1S/C12H22O16S/c13-1-3(15)7(19)11(23,8(20)4(1)16)27-29(25,26)28-12(24)9(21)5(17)2(14)6(18)10(12)22/h1-10,13-24H/t1-,2-,3-,4+,5-,6+,7-,8-,9-,10-,11-,12-/m1/s1. The first kappa shape index (κ1) is 24.7. The van der Waals surface area contributed by atoms with Gasteiger partial charge in [-0.15, -0.1) is 0 Å². The van der Waals surface area contributed by atoms with Crippen molar-refractivity contribution in [1.82, 2.24) is 0 Å². The van der Waals surface area contributed by atoms with Crippen LogP contribution in [0.2, 0.25) is 0 Å². The Labute approximate surface area is 162 Å². The largest absolute Gasteiger partial charge is 0.405 e. The van der Waals surface area contributed by atoms with Crippen molar-refractivity contribution in [2.45, 2.75) is 72.6 Å². The van der Waals surface area contributed by atoms with Gasteiger partial charge in [0.25, 0.3) is 0 Å². The molecule has 0 spiro atoms. The first-order valence-corrected chi connectivity index (χ1v) is 9.26. The van der Waals surface area contributed by atoms with E-state index in [1.807, 2.05) is 0 Å². The summed E-state index contributed by atoms with van der Waals surface area (Å²) >= 11 is 0. The van der Waals surface area contributed by atoms with Gasteiger partial charge in [0.2, 0.25) is 11.6 Å². The van der Waals surface area contributed by atoms with Gasteiger partial charge in [-0.1, -0.05) is 0 Å². The molecule has 0 bridgehead atoms. The third-order valence-corrected chi connectivity index (χ3v) is 5.80. The maximum atomic E-state index is 12.1. The van der Waals surface area contributed by atoms with Gasteiger partial charge in [0.05, 0.1) is 0 Å². The van der Waals surface area contributed by atoms with Crippen LogP contribution in [0, 0.1) is 0 Å². The highest BCUT2D eigenvalue weighted by atomic mass is 32.3. The molecule has 2 aliphatic rings. The lowest BCUT2D eigenvalue weighted by Crippen LogP contribution is -2.73. The van der Waals surface area contributed by atoms with Gasteiger partial charge >= 0.3 is 10.4 Å². The van der Waals surface area contributed by atoms with Gasteiger partial charge in [-0.05, 0) is 0 Å². The van der Waals surface area contributed by atoms with Crippen LogP contribution in [0.5, 0.6) is 0 Å². The molecule has 0 aromatic carbocycles. The van der Waals surface area contributed by atoms with Gasteiger partial charge in [-0.25, -0.2) is 8.37 Å². The van der Waals surface area contributed by atoms with E-state index in [9.17, 15) is 69.7 Å². The highest BCUT2D eigenvalue weighted by Gasteiger charge is 2.64. The average Bonchev–Trinajstić information content (AvgIpc) is 2.64. The van der Waals surface area contributed by atoms with Crippen LogP contribution in [-0.4, -0.2) is 142 Å². The molecule has 16 nitrogen and oxygen atoms in total. The van der Waals surface area contributed by atoms with Crippen molar-refractivity contribution in [2.75, 3.05) is 0 Å². The van der Waals surface area contributed by atoms with Gasteiger partial charge in [0, 0.05) is 0 Å². The summed E-state index contributed by atoms with van der Waals surface area (Å²) in [7, 11) is -5.91. The Bertz CT molecular complexity index is 614. The smallest absolute Gasteiger partial charge is 0.387 e. The Kier molecular flexibility index (Phi) is 6.65. The molecule has 0 unspecified atom stereocenters. The predicted octanol–water partition coefficient (Wildman–Crippen LogP) is -8.72. The van der Waals surface area contributed by atoms with Crippen molar-refractivity contribution >= 4 is 10.4 Å². The minimum absolute atomic E-state index is 2.24. The second-order valence-corrected chi connectivity index (χ2v) is 7.95. The molecule has 12 atom stereocenters. The van der Waals surface area contributed by atoms with Crippen molar-refractivity contribution < 1.29 is 78.1 Å². The Morgan fingerprint density at radius 3 is 0.897 bits per heavy atom. The molecule has 17 heteroatoms. The number of hydrogen-bond donors (Lipinski definition) is 12. The fourth-order valence-electron chi connectivity index (χ4n) is 3.02. The van der Waals surface area contributed by atoms with Crippen LogP contribution in [0.4, 0.5) is 0 Å². The number of rotatable bonds is 4. The molecule has 2 fully saturated rings. The lowest BCUT2D eigenvalue weighted by Gasteiger charge is -2.48. The zero-order valence-corrected chi connectivity index (χ0v) is 15.0. The maximum Gasteiger partial charge on any atom is 0.405 e. The first-order chi connectivity index (χ1) is 13.0. The first-order valence-electron chi connectivity index (χ1n) is 7.93. The van der Waals surface area contributed by atoms with Crippen LogP contribution >= 0.6 is 0 Å². The molecule has 0 amide bonds. The van der Waals surface area contributed by atoms with E-state index in [0.29, 0.717) is 0 Å². The molecule has 172 valence electrons. The molecule has 0 radical (unpaired) electrons. The van der Waals surface area contributed by atoms with Gasteiger partial charge in [-0.2, -0.15) is 8.42 Å². The average molecular weight is 454 g/mol. The van der Waals surface area contributed by atoms with E-state index in [-0.39, 0.29) is 0 Å². The van der Waals surface area contributed by atoms with Crippen molar-refractivity contribution in [1.29, 1.82) is 0 Å². The van der Waals surface area contributed by atoms with E-state index in [0.717, 1.165) is 0 Å². The van der Waals surface area contributed by atoms with Crippen LogP contribution in [-0.2, 0) is 18.8 Å². The van der Waals surface area contributed by atoms with Crippen LogP contribution < -0.4 is 0 Å². The van der Waals surface area contributed by atoms with Crippen molar-refractivity contribution in [3.63, 3.8) is 0 Å². The zero-order chi connectivity index (χ0) is 22.7. The summed E-state index contributed by atoms with van der Waals surface area (Å²) in [6.07, 6.45) is -25.4. The zero-order valence-electron chi connectivity index (χ0n) is 14.2. The quantitative estimate of drug-likeness (QED) is 0.175. The summed E-state index contributed by atoms with van der Waals surface area (Å²) in [5, 5.41) is 116. The van der Waals surface area contributed by atoms with Crippen LogP contribution in [0.15, 0.2) is 0 Å². The molecular formula is C12H22O16S. The SMILES string of the molecule is O=S(=O)(O[C@]1(O)[C@H](O)[C@H](O)[C@@H](O)[C@H](O)[C@H]1O)O[C@]1(O)[C@H](O)[C@H](O)[C@@H](O)[C@H](O)[C@H]1O. The number of hydrogen-bond acceptors (Lipinski definition) is 16. The van der Waals surface area contributed by atoms with E-state index in [2.05, 4.69) is 8.37 Å². The highest BCUT2D eigenvalue weighted by Crippen LogP contribution is 2.37. The van der Waals surface area contributed by atoms with E-state index >= 15 is 0 Å². The Morgan fingerprint density at radius 1 is 0.483 bits per heavy atom. The van der Waals surface area contributed by atoms with Gasteiger partial charge in [-0.3, -0.25) is 0 Å². The van der Waals surface area contributed by atoms with Crippen LogP contribution in [0.25, 0.3) is 0 Å². The Morgan fingerprint density at radius 2 is 0.690 bits per heavy atom. The summed E-state index contributed by atoms with van der Waals surface area (Å²) in [5.41, 5.74) is 0. The number of aliphatic hydroxyl groups excluding tert-OH is 10. The molecule has 0 aromatic rings. The van der Waals surface area contributed by atoms with E-state index in [4.69, 9.17) is 0 Å². The normalized spacial score (nSPS) is 54.3. The van der Waals surface area contributed by atoms with Crippen molar-refractivity contribution in [3.8, 4) is 0 Å². The van der Waals surface area contributed by atoms with Gasteiger partial charge in [0.1, 0.15) is 61.0 Å². The molecule has 2 rings (SSSR count). The predicted molar refractivity (Wildman–Crippen MR) is 81.1 cm³/mol. The van der Waals surface area contributed by atoms with Crippen molar-refractivity contribution in [3.05, 3.63) is 0 Å². The van der Waals surface area contributed by atoms with Gasteiger partial charge < -0.3 is 61.3 Å². The molecule has 29 heavy (non-hydrogen) atoms. The minimum Gasteiger partial charge on any atom is -0.387 e. The third kappa shape index (κ3) is 3.89. The minimum atomic E-state index is -5.91. The summed E-state index contributed by atoms with van der Waals surface area (Å²) in [5.74, 6) is -7.54. The Hall–Kier alpha value is -0.610.